The smallest absolute Gasteiger partial charge is 0.238 e. The van der Waals surface area contributed by atoms with Crippen molar-refractivity contribution in [3.63, 3.8) is 0 Å². The highest BCUT2D eigenvalue weighted by atomic mass is 35.5. The van der Waals surface area contributed by atoms with Crippen molar-refractivity contribution in [1.29, 1.82) is 0 Å². The molecule has 2 rings (SSSR count). The molecule has 1 aromatic carbocycles. The maximum Gasteiger partial charge on any atom is 0.238 e. The summed E-state index contributed by atoms with van der Waals surface area (Å²) in [5.41, 5.74) is 1.93. The van der Waals surface area contributed by atoms with Gasteiger partial charge in [-0.05, 0) is 17.5 Å². The van der Waals surface area contributed by atoms with Gasteiger partial charge in [-0.15, -0.1) is 11.6 Å². The number of nitro groups is 1. The largest absolute Gasteiger partial charge is 0.328 e. The third-order valence-corrected chi connectivity index (χ3v) is 3.40. The zero-order valence-corrected chi connectivity index (χ0v) is 10.5. The molecule has 1 aliphatic heterocycles. The van der Waals surface area contributed by atoms with E-state index in [1.54, 1.807) is 0 Å². The summed E-state index contributed by atoms with van der Waals surface area (Å²) in [5.74, 6) is -0.394. The Kier molecular flexibility index (Phi) is 3.81. The molecule has 1 aliphatic rings. The second-order valence-electron chi connectivity index (χ2n) is 4.20. The summed E-state index contributed by atoms with van der Waals surface area (Å²) in [6.07, 6.45) is 0.715. The van der Waals surface area contributed by atoms with Crippen molar-refractivity contribution < 1.29 is 9.72 Å². The molecule has 0 fully saturated rings. The molecule has 0 N–H and O–H groups in total. The van der Waals surface area contributed by atoms with E-state index in [9.17, 15) is 14.9 Å². The summed E-state index contributed by atoms with van der Waals surface area (Å²) in [5, 5.41) is 10.8. The van der Waals surface area contributed by atoms with Gasteiger partial charge in [0.25, 0.3) is 0 Å². The Hall–Kier alpha value is -1.62. The van der Waals surface area contributed by atoms with Crippen LogP contribution < -0.4 is 0 Å². The third-order valence-electron chi connectivity index (χ3n) is 3.17. The van der Waals surface area contributed by atoms with E-state index in [4.69, 9.17) is 11.6 Å². The molecule has 1 atom stereocenters. The SMILES string of the molecule is O=C(CCl)N1CCc2ccccc2[C@@H]1C[N+](=O)[O-]. The zero-order chi connectivity index (χ0) is 13.1. The van der Waals surface area contributed by atoms with E-state index >= 15 is 0 Å². The number of nitrogens with zero attached hydrogens (tertiary/aromatic N) is 2. The lowest BCUT2D eigenvalue weighted by Crippen LogP contribution is -2.43. The Balaban J connectivity index is 2.36. The lowest BCUT2D eigenvalue weighted by molar-refractivity contribution is -0.487. The predicted octanol–water partition coefficient (Wildman–Crippen LogP) is 1.63. The summed E-state index contributed by atoms with van der Waals surface area (Å²) in [6.45, 7) is 0.209. The molecule has 0 radical (unpaired) electrons. The zero-order valence-electron chi connectivity index (χ0n) is 9.71. The van der Waals surface area contributed by atoms with Crippen molar-refractivity contribution >= 4 is 17.5 Å². The molecule has 1 heterocycles. The number of carbonyl (C=O) groups excluding carboxylic acids is 1. The fraction of sp³-hybridized carbons (Fsp3) is 0.417. The summed E-state index contributed by atoms with van der Waals surface area (Å²) in [7, 11) is 0. The number of fused-ring (bicyclic) bond motifs is 1. The van der Waals surface area contributed by atoms with Gasteiger partial charge in [0.05, 0.1) is 0 Å². The molecule has 0 bridgehead atoms. The van der Waals surface area contributed by atoms with Gasteiger partial charge in [0.15, 0.2) is 0 Å². The number of rotatable bonds is 3. The van der Waals surface area contributed by atoms with Gasteiger partial charge in [0.1, 0.15) is 11.9 Å². The monoisotopic (exact) mass is 268 g/mol. The number of hydrogen-bond acceptors (Lipinski definition) is 3. The second-order valence-corrected chi connectivity index (χ2v) is 4.47. The van der Waals surface area contributed by atoms with Gasteiger partial charge in [0, 0.05) is 11.5 Å². The maximum absolute atomic E-state index is 11.7. The fourth-order valence-electron chi connectivity index (χ4n) is 2.36. The van der Waals surface area contributed by atoms with Crippen LogP contribution in [0.3, 0.4) is 0 Å². The Morgan fingerprint density at radius 1 is 1.50 bits per heavy atom. The van der Waals surface area contributed by atoms with Crippen molar-refractivity contribution in [3.05, 3.63) is 45.5 Å². The molecule has 0 saturated carbocycles. The van der Waals surface area contributed by atoms with Crippen molar-refractivity contribution in [2.24, 2.45) is 0 Å². The standard InChI is InChI=1S/C12H13ClN2O3/c13-7-12(16)14-6-5-9-3-1-2-4-10(9)11(14)8-15(17)18/h1-4,11H,5-8H2/t11-/m0/s1. The van der Waals surface area contributed by atoms with Gasteiger partial charge in [-0.2, -0.15) is 0 Å². The molecule has 0 spiro atoms. The molecule has 1 aromatic rings. The van der Waals surface area contributed by atoms with Crippen LogP contribution >= 0.6 is 11.6 Å². The van der Waals surface area contributed by atoms with Crippen LogP contribution in [-0.4, -0.2) is 34.7 Å². The molecule has 96 valence electrons. The number of amides is 1. The van der Waals surface area contributed by atoms with Crippen LogP contribution in [0.5, 0.6) is 0 Å². The third kappa shape index (κ3) is 2.46. The molecule has 1 amide bonds. The van der Waals surface area contributed by atoms with Crippen molar-refractivity contribution in [3.8, 4) is 0 Å². The molecular weight excluding hydrogens is 256 g/mol. The molecule has 0 saturated heterocycles. The molecule has 0 aliphatic carbocycles. The summed E-state index contributed by atoms with van der Waals surface area (Å²) >= 11 is 5.55. The van der Waals surface area contributed by atoms with Crippen LogP contribution in [0, 0.1) is 10.1 Å². The van der Waals surface area contributed by atoms with Crippen LogP contribution in [-0.2, 0) is 11.2 Å². The molecule has 5 nitrogen and oxygen atoms in total. The van der Waals surface area contributed by atoms with E-state index in [1.807, 2.05) is 24.3 Å². The quantitative estimate of drug-likeness (QED) is 0.475. The number of halogens is 1. The topological polar surface area (TPSA) is 63.5 Å². The number of benzene rings is 1. The van der Waals surface area contributed by atoms with Crippen molar-refractivity contribution in [2.75, 3.05) is 19.0 Å². The van der Waals surface area contributed by atoms with E-state index in [-0.39, 0.29) is 23.3 Å². The fourth-order valence-corrected chi connectivity index (χ4v) is 2.52. The Morgan fingerprint density at radius 3 is 2.89 bits per heavy atom. The molecule has 0 aromatic heterocycles. The van der Waals surface area contributed by atoms with Gasteiger partial charge in [-0.3, -0.25) is 14.9 Å². The highest BCUT2D eigenvalue weighted by Gasteiger charge is 2.33. The van der Waals surface area contributed by atoms with Crippen LogP contribution in [0.2, 0.25) is 0 Å². The Morgan fingerprint density at radius 2 is 2.22 bits per heavy atom. The lowest BCUT2D eigenvalue weighted by atomic mass is 9.92. The van der Waals surface area contributed by atoms with Crippen molar-refractivity contribution in [1.82, 2.24) is 4.90 Å². The second kappa shape index (κ2) is 5.35. The molecular formula is C12H13ClN2O3. The van der Waals surface area contributed by atoms with Gasteiger partial charge >= 0.3 is 0 Å². The van der Waals surface area contributed by atoms with Crippen LogP contribution in [0.4, 0.5) is 0 Å². The average Bonchev–Trinajstić information content (AvgIpc) is 2.37. The van der Waals surface area contributed by atoms with Crippen molar-refractivity contribution in [2.45, 2.75) is 12.5 Å². The summed E-state index contributed by atoms with van der Waals surface area (Å²) in [4.78, 5) is 23.6. The highest BCUT2D eigenvalue weighted by Crippen LogP contribution is 2.29. The highest BCUT2D eigenvalue weighted by molar-refractivity contribution is 6.27. The van der Waals surface area contributed by atoms with Crippen LogP contribution in [0.25, 0.3) is 0 Å². The normalized spacial score (nSPS) is 18.3. The minimum absolute atomic E-state index is 0.142. The predicted molar refractivity (Wildman–Crippen MR) is 67.2 cm³/mol. The number of carbonyl (C=O) groups is 1. The average molecular weight is 269 g/mol. The maximum atomic E-state index is 11.7. The first kappa shape index (κ1) is 12.8. The van der Waals surface area contributed by atoms with Crippen LogP contribution in [0.1, 0.15) is 17.2 Å². The van der Waals surface area contributed by atoms with Gasteiger partial charge in [-0.25, -0.2) is 0 Å². The first-order valence-electron chi connectivity index (χ1n) is 5.68. The minimum Gasteiger partial charge on any atom is -0.328 e. The van der Waals surface area contributed by atoms with Gasteiger partial charge in [-0.1, -0.05) is 24.3 Å². The first-order chi connectivity index (χ1) is 8.63. The van der Waals surface area contributed by atoms with E-state index in [2.05, 4.69) is 0 Å². The van der Waals surface area contributed by atoms with E-state index in [0.717, 1.165) is 11.1 Å². The molecule has 0 unspecified atom stereocenters. The first-order valence-corrected chi connectivity index (χ1v) is 6.22. The number of hydrogen-bond donors (Lipinski definition) is 0. The van der Waals surface area contributed by atoms with Gasteiger partial charge < -0.3 is 4.90 Å². The number of alkyl halides is 1. The lowest BCUT2D eigenvalue weighted by Gasteiger charge is -2.34. The Labute approximate surface area is 109 Å². The van der Waals surface area contributed by atoms with E-state index in [1.165, 1.54) is 4.90 Å². The summed E-state index contributed by atoms with van der Waals surface area (Å²) < 4.78 is 0. The molecule has 18 heavy (non-hydrogen) atoms. The van der Waals surface area contributed by atoms with Gasteiger partial charge in [0.2, 0.25) is 12.5 Å². The Bertz CT molecular complexity index is 478. The minimum atomic E-state index is -0.504. The molecule has 6 heteroatoms. The summed E-state index contributed by atoms with van der Waals surface area (Å²) in [6, 6.07) is 7.03. The van der Waals surface area contributed by atoms with E-state index < -0.39 is 6.04 Å². The van der Waals surface area contributed by atoms with Crippen LogP contribution in [0.15, 0.2) is 24.3 Å². The van der Waals surface area contributed by atoms with E-state index in [0.29, 0.717) is 13.0 Å².